The van der Waals surface area contributed by atoms with Crippen LogP contribution in [0.4, 0.5) is 0 Å². The smallest absolute Gasteiger partial charge is 0.324 e. The van der Waals surface area contributed by atoms with Crippen LogP contribution < -0.4 is 0 Å². The van der Waals surface area contributed by atoms with Gasteiger partial charge in [-0.1, -0.05) is 0 Å². The van der Waals surface area contributed by atoms with Crippen molar-refractivity contribution in [3.63, 3.8) is 0 Å². The molecule has 0 aromatic rings. The Morgan fingerprint density at radius 1 is 1.38 bits per heavy atom. The lowest BCUT2D eigenvalue weighted by Crippen LogP contribution is -2.49. The van der Waals surface area contributed by atoms with Crippen LogP contribution in [0.25, 0.3) is 0 Å². The number of aliphatic hydroxyl groups is 1. The third kappa shape index (κ3) is 1.33. The minimum absolute atomic E-state index is 0.100. The molecule has 0 saturated carbocycles. The summed E-state index contributed by atoms with van der Waals surface area (Å²) in [6.45, 7) is 0.257. The van der Waals surface area contributed by atoms with Gasteiger partial charge in [-0.15, -0.1) is 0 Å². The van der Waals surface area contributed by atoms with E-state index in [0.717, 1.165) is 6.42 Å². The molecule has 2 aliphatic rings. The highest BCUT2D eigenvalue weighted by Gasteiger charge is 2.60. The molecular formula is C10H15NO5. The topological polar surface area (TPSA) is 98.1 Å². The standard InChI is InChI=1S/C10H15NO5/c12-5-7-6(8(13)14)4-10(9(15)16)2-1-3-11(7)10/h6-7,12H,1-5H2,(H,13,14)(H,15,16)/t6-,7-,10+/m1/s1. The Bertz CT molecular complexity index is 331. The fraction of sp³-hybridized carbons (Fsp3) is 0.800. The van der Waals surface area contributed by atoms with Gasteiger partial charge in [0.1, 0.15) is 5.54 Å². The normalized spacial score (nSPS) is 38.6. The Labute approximate surface area is 92.5 Å². The van der Waals surface area contributed by atoms with E-state index in [-0.39, 0.29) is 13.0 Å². The number of carboxylic acid groups (broad SMARTS) is 2. The average molecular weight is 229 g/mol. The van der Waals surface area contributed by atoms with Crippen molar-refractivity contribution in [2.24, 2.45) is 5.92 Å². The second kappa shape index (κ2) is 3.71. The molecule has 0 aromatic heterocycles. The summed E-state index contributed by atoms with van der Waals surface area (Å²) < 4.78 is 0. The minimum Gasteiger partial charge on any atom is -0.481 e. The van der Waals surface area contributed by atoms with Gasteiger partial charge in [0.05, 0.1) is 12.5 Å². The Balaban J connectivity index is 2.34. The lowest BCUT2D eigenvalue weighted by molar-refractivity contribution is -0.148. The monoisotopic (exact) mass is 229 g/mol. The Morgan fingerprint density at radius 3 is 2.56 bits per heavy atom. The highest BCUT2D eigenvalue weighted by Crippen LogP contribution is 2.45. The highest BCUT2D eigenvalue weighted by atomic mass is 16.4. The number of carboxylic acids is 2. The predicted molar refractivity (Wildman–Crippen MR) is 52.9 cm³/mol. The van der Waals surface area contributed by atoms with E-state index in [0.29, 0.717) is 13.0 Å². The van der Waals surface area contributed by atoms with Gasteiger partial charge in [0.15, 0.2) is 0 Å². The molecule has 3 atom stereocenters. The van der Waals surface area contributed by atoms with E-state index in [4.69, 9.17) is 5.11 Å². The van der Waals surface area contributed by atoms with E-state index in [1.807, 2.05) is 0 Å². The van der Waals surface area contributed by atoms with Gasteiger partial charge in [-0.3, -0.25) is 14.5 Å². The van der Waals surface area contributed by atoms with E-state index >= 15 is 0 Å². The maximum atomic E-state index is 11.3. The van der Waals surface area contributed by atoms with E-state index in [2.05, 4.69) is 0 Å². The molecule has 6 nitrogen and oxygen atoms in total. The number of hydrogen-bond donors (Lipinski definition) is 3. The molecule has 16 heavy (non-hydrogen) atoms. The van der Waals surface area contributed by atoms with Gasteiger partial charge < -0.3 is 15.3 Å². The van der Waals surface area contributed by atoms with Gasteiger partial charge in [0, 0.05) is 6.04 Å². The van der Waals surface area contributed by atoms with Crippen LogP contribution in [-0.2, 0) is 9.59 Å². The van der Waals surface area contributed by atoms with Crippen LogP contribution in [0.5, 0.6) is 0 Å². The van der Waals surface area contributed by atoms with Gasteiger partial charge in [0.25, 0.3) is 0 Å². The first-order chi connectivity index (χ1) is 7.53. The fourth-order valence-corrected chi connectivity index (χ4v) is 3.11. The van der Waals surface area contributed by atoms with Crippen molar-refractivity contribution in [2.45, 2.75) is 30.8 Å². The molecule has 90 valence electrons. The van der Waals surface area contributed by atoms with Gasteiger partial charge in [0.2, 0.25) is 0 Å². The molecule has 0 unspecified atom stereocenters. The molecule has 2 saturated heterocycles. The van der Waals surface area contributed by atoms with Crippen LogP contribution in [0.15, 0.2) is 0 Å². The second-order valence-electron chi connectivity index (χ2n) is 4.53. The molecular weight excluding hydrogens is 214 g/mol. The van der Waals surface area contributed by atoms with E-state index < -0.39 is 29.4 Å². The number of nitrogens with zero attached hydrogens (tertiary/aromatic N) is 1. The molecule has 6 heteroatoms. The summed E-state index contributed by atoms with van der Waals surface area (Å²) in [4.78, 5) is 24.0. The molecule has 2 heterocycles. The van der Waals surface area contributed by atoms with E-state index in [1.165, 1.54) is 0 Å². The lowest BCUT2D eigenvalue weighted by atomic mass is 9.89. The maximum Gasteiger partial charge on any atom is 0.324 e. The van der Waals surface area contributed by atoms with Crippen LogP contribution in [0.2, 0.25) is 0 Å². The Kier molecular flexibility index (Phi) is 2.63. The molecule has 2 fully saturated rings. The predicted octanol–water partition coefficient (Wildman–Crippen LogP) is -0.629. The summed E-state index contributed by atoms with van der Waals surface area (Å²) in [5.74, 6) is -2.76. The number of aliphatic carboxylic acids is 2. The summed E-state index contributed by atoms with van der Waals surface area (Å²) in [7, 11) is 0. The zero-order valence-corrected chi connectivity index (χ0v) is 8.80. The van der Waals surface area contributed by atoms with Crippen molar-refractivity contribution < 1.29 is 24.9 Å². The minimum atomic E-state index is -1.06. The van der Waals surface area contributed by atoms with Crippen molar-refractivity contribution in [3.05, 3.63) is 0 Å². The molecule has 0 amide bonds. The van der Waals surface area contributed by atoms with Crippen LogP contribution >= 0.6 is 0 Å². The summed E-state index contributed by atoms with van der Waals surface area (Å²) in [6.07, 6.45) is 1.32. The molecule has 0 aliphatic carbocycles. The molecule has 0 radical (unpaired) electrons. The van der Waals surface area contributed by atoms with E-state index in [9.17, 15) is 19.8 Å². The molecule has 0 spiro atoms. The Hall–Kier alpha value is -1.14. The summed E-state index contributed by atoms with van der Waals surface area (Å²) in [5, 5.41) is 27.5. The zero-order valence-electron chi connectivity index (χ0n) is 8.80. The van der Waals surface area contributed by atoms with Crippen molar-refractivity contribution in [3.8, 4) is 0 Å². The van der Waals surface area contributed by atoms with Crippen LogP contribution in [-0.4, -0.2) is 56.9 Å². The largest absolute Gasteiger partial charge is 0.481 e. The third-order valence-corrected chi connectivity index (χ3v) is 3.86. The number of aliphatic hydroxyl groups excluding tert-OH is 1. The maximum absolute atomic E-state index is 11.3. The van der Waals surface area contributed by atoms with Gasteiger partial charge in [-0.25, -0.2) is 0 Å². The quantitative estimate of drug-likeness (QED) is 0.596. The third-order valence-electron chi connectivity index (χ3n) is 3.86. The molecule has 3 N–H and O–H groups in total. The van der Waals surface area contributed by atoms with Gasteiger partial charge in [-0.2, -0.15) is 0 Å². The van der Waals surface area contributed by atoms with Crippen molar-refractivity contribution >= 4 is 11.9 Å². The fourth-order valence-electron chi connectivity index (χ4n) is 3.11. The molecule has 2 rings (SSSR count). The van der Waals surface area contributed by atoms with Crippen LogP contribution in [0.3, 0.4) is 0 Å². The molecule has 2 aliphatic heterocycles. The van der Waals surface area contributed by atoms with Crippen molar-refractivity contribution in [2.75, 3.05) is 13.2 Å². The van der Waals surface area contributed by atoms with Crippen molar-refractivity contribution in [1.29, 1.82) is 0 Å². The SMILES string of the molecule is O=C(O)[C@@H]1C[C@]2(C(=O)O)CCCN2[C@@H]1CO. The number of hydrogen-bond acceptors (Lipinski definition) is 4. The first kappa shape index (κ1) is 11.3. The summed E-state index contributed by atoms with van der Waals surface area (Å²) >= 11 is 0. The van der Waals surface area contributed by atoms with Gasteiger partial charge >= 0.3 is 11.9 Å². The molecule has 0 bridgehead atoms. The van der Waals surface area contributed by atoms with Crippen molar-refractivity contribution in [1.82, 2.24) is 4.90 Å². The zero-order chi connectivity index (χ0) is 11.9. The lowest BCUT2D eigenvalue weighted by Gasteiger charge is -2.30. The number of carbonyl (C=O) groups is 2. The molecule has 0 aromatic carbocycles. The number of rotatable bonds is 3. The van der Waals surface area contributed by atoms with Crippen LogP contribution in [0, 0.1) is 5.92 Å². The number of fused-ring (bicyclic) bond motifs is 1. The summed E-state index contributed by atoms with van der Waals surface area (Å²) in [6, 6.07) is -0.559. The van der Waals surface area contributed by atoms with E-state index in [1.54, 1.807) is 4.90 Å². The first-order valence-electron chi connectivity index (χ1n) is 5.37. The second-order valence-corrected chi connectivity index (χ2v) is 4.53. The van der Waals surface area contributed by atoms with Gasteiger partial charge in [-0.05, 0) is 25.8 Å². The summed E-state index contributed by atoms with van der Waals surface area (Å²) in [5.41, 5.74) is -1.06. The Morgan fingerprint density at radius 2 is 2.06 bits per heavy atom. The first-order valence-corrected chi connectivity index (χ1v) is 5.37. The average Bonchev–Trinajstić information content (AvgIpc) is 2.72. The highest BCUT2D eigenvalue weighted by molar-refractivity contribution is 5.83. The van der Waals surface area contributed by atoms with Crippen LogP contribution in [0.1, 0.15) is 19.3 Å².